The molecule has 0 spiro atoms. The SMILES string of the molecule is C#CCC(=O)N1CCC(N)C(C)C1. The van der Waals surface area contributed by atoms with Gasteiger partial charge < -0.3 is 10.6 Å². The first kappa shape index (κ1) is 10.1. The fourth-order valence-electron chi connectivity index (χ4n) is 1.59. The van der Waals surface area contributed by atoms with Crippen LogP contribution in [0.15, 0.2) is 0 Å². The Balaban J connectivity index is 2.46. The molecule has 0 aliphatic carbocycles. The van der Waals surface area contributed by atoms with Crippen LogP contribution in [0.3, 0.4) is 0 Å². The molecule has 1 aliphatic heterocycles. The van der Waals surface area contributed by atoms with E-state index in [9.17, 15) is 4.79 Å². The van der Waals surface area contributed by atoms with Crippen molar-refractivity contribution in [1.29, 1.82) is 0 Å². The first-order valence-corrected chi connectivity index (χ1v) is 4.62. The number of terminal acetylenes is 1. The molecule has 1 rings (SSSR count). The van der Waals surface area contributed by atoms with E-state index in [1.165, 1.54) is 0 Å². The maximum atomic E-state index is 11.4. The van der Waals surface area contributed by atoms with Gasteiger partial charge in [-0.15, -0.1) is 6.42 Å². The third-order valence-corrected chi connectivity index (χ3v) is 2.58. The molecule has 1 heterocycles. The minimum atomic E-state index is 0.0567. The van der Waals surface area contributed by atoms with Gasteiger partial charge in [-0.3, -0.25) is 4.79 Å². The summed E-state index contributed by atoms with van der Waals surface area (Å²) in [4.78, 5) is 13.2. The molecular weight excluding hydrogens is 164 g/mol. The van der Waals surface area contributed by atoms with Gasteiger partial charge in [-0.25, -0.2) is 0 Å². The zero-order valence-electron chi connectivity index (χ0n) is 7.99. The summed E-state index contributed by atoms with van der Waals surface area (Å²) >= 11 is 0. The Morgan fingerprint density at radius 2 is 2.46 bits per heavy atom. The number of nitrogens with zero attached hydrogens (tertiary/aromatic N) is 1. The minimum absolute atomic E-state index is 0.0567. The van der Waals surface area contributed by atoms with Crippen molar-refractivity contribution in [2.45, 2.75) is 25.8 Å². The molecule has 0 aromatic carbocycles. The lowest BCUT2D eigenvalue weighted by Gasteiger charge is -2.34. The number of piperidine rings is 1. The third kappa shape index (κ3) is 2.46. The van der Waals surface area contributed by atoms with Crippen LogP contribution in [-0.4, -0.2) is 29.9 Å². The lowest BCUT2D eigenvalue weighted by molar-refractivity contribution is -0.131. The molecule has 0 aromatic heterocycles. The number of likely N-dealkylation sites (tertiary alicyclic amines) is 1. The van der Waals surface area contributed by atoms with Gasteiger partial charge in [0, 0.05) is 19.1 Å². The molecule has 1 saturated heterocycles. The first-order chi connectivity index (χ1) is 6.15. The predicted molar refractivity (Wildman–Crippen MR) is 51.8 cm³/mol. The van der Waals surface area contributed by atoms with E-state index in [1.807, 2.05) is 4.90 Å². The van der Waals surface area contributed by atoms with Gasteiger partial charge in [0.25, 0.3) is 0 Å². The average Bonchev–Trinajstić information content (AvgIpc) is 2.10. The highest BCUT2D eigenvalue weighted by molar-refractivity contribution is 5.78. The van der Waals surface area contributed by atoms with E-state index in [4.69, 9.17) is 12.2 Å². The number of nitrogens with two attached hydrogens (primary N) is 1. The van der Waals surface area contributed by atoms with E-state index in [0.717, 1.165) is 19.5 Å². The molecule has 1 fully saturated rings. The molecule has 3 heteroatoms. The van der Waals surface area contributed by atoms with Gasteiger partial charge in [0.1, 0.15) is 0 Å². The lowest BCUT2D eigenvalue weighted by atomic mass is 9.95. The molecular formula is C10H16N2O. The van der Waals surface area contributed by atoms with Crippen molar-refractivity contribution in [2.75, 3.05) is 13.1 Å². The van der Waals surface area contributed by atoms with Crippen LogP contribution in [0.4, 0.5) is 0 Å². The van der Waals surface area contributed by atoms with Crippen LogP contribution in [0.5, 0.6) is 0 Å². The Labute approximate surface area is 79.3 Å². The maximum Gasteiger partial charge on any atom is 0.234 e. The second-order valence-electron chi connectivity index (χ2n) is 3.65. The lowest BCUT2D eigenvalue weighted by Crippen LogP contribution is -2.48. The van der Waals surface area contributed by atoms with Crippen LogP contribution < -0.4 is 5.73 Å². The number of carbonyl (C=O) groups is 1. The monoisotopic (exact) mass is 180 g/mol. The molecule has 2 atom stereocenters. The molecule has 2 N–H and O–H groups in total. The number of rotatable bonds is 1. The third-order valence-electron chi connectivity index (χ3n) is 2.58. The van der Waals surface area contributed by atoms with Crippen molar-refractivity contribution in [3.8, 4) is 12.3 Å². The van der Waals surface area contributed by atoms with Gasteiger partial charge in [-0.2, -0.15) is 0 Å². The fourth-order valence-corrected chi connectivity index (χ4v) is 1.59. The molecule has 3 nitrogen and oxygen atoms in total. The second-order valence-corrected chi connectivity index (χ2v) is 3.65. The molecule has 0 bridgehead atoms. The van der Waals surface area contributed by atoms with E-state index in [1.54, 1.807) is 0 Å². The molecule has 0 saturated carbocycles. The summed E-state index contributed by atoms with van der Waals surface area (Å²) < 4.78 is 0. The molecule has 2 unspecified atom stereocenters. The normalized spacial score (nSPS) is 28.2. The van der Waals surface area contributed by atoms with E-state index in [0.29, 0.717) is 5.92 Å². The van der Waals surface area contributed by atoms with Crippen LogP contribution in [0, 0.1) is 18.3 Å². The topological polar surface area (TPSA) is 46.3 Å². The zero-order valence-corrected chi connectivity index (χ0v) is 7.99. The predicted octanol–water partition coefficient (Wildman–Crippen LogP) is 0.205. The molecule has 1 amide bonds. The van der Waals surface area contributed by atoms with Crippen molar-refractivity contribution < 1.29 is 4.79 Å². The highest BCUT2D eigenvalue weighted by atomic mass is 16.2. The summed E-state index contributed by atoms with van der Waals surface area (Å²) in [5.74, 6) is 2.81. The van der Waals surface area contributed by atoms with Crippen LogP contribution in [-0.2, 0) is 4.79 Å². The van der Waals surface area contributed by atoms with E-state index >= 15 is 0 Å². The van der Waals surface area contributed by atoms with E-state index in [2.05, 4.69) is 12.8 Å². The van der Waals surface area contributed by atoms with E-state index in [-0.39, 0.29) is 18.4 Å². The average molecular weight is 180 g/mol. The van der Waals surface area contributed by atoms with Crippen molar-refractivity contribution >= 4 is 5.91 Å². The van der Waals surface area contributed by atoms with Gasteiger partial charge in [-0.1, -0.05) is 12.8 Å². The van der Waals surface area contributed by atoms with Crippen molar-refractivity contribution in [2.24, 2.45) is 11.7 Å². The number of amides is 1. The largest absolute Gasteiger partial charge is 0.341 e. The van der Waals surface area contributed by atoms with Gasteiger partial charge in [0.05, 0.1) is 6.42 Å². The van der Waals surface area contributed by atoms with Crippen molar-refractivity contribution in [1.82, 2.24) is 4.90 Å². The standard InChI is InChI=1S/C10H16N2O/c1-3-4-10(13)12-6-5-9(11)8(2)7-12/h1,8-9H,4-7,11H2,2H3. The molecule has 0 aromatic rings. The Morgan fingerprint density at radius 3 is 3.00 bits per heavy atom. The quantitative estimate of drug-likeness (QED) is 0.586. The zero-order chi connectivity index (χ0) is 9.84. The molecule has 1 aliphatic rings. The molecule has 0 radical (unpaired) electrons. The highest BCUT2D eigenvalue weighted by Gasteiger charge is 2.25. The van der Waals surface area contributed by atoms with Gasteiger partial charge in [-0.05, 0) is 12.3 Å². The van der Waals surface area contributed by atoms with Crippen molar-refractivity contribution in [3.05, 3.63) is 0 Å². The second kappa shape index (κ2) is 4.29. The van der Waals surface area contributed by atoms with Crippen LogP contribution in [0.25, 0.3) is 0 Å². The first-order valence-electron chi connectivity index (χ1n) is 4.62. The number of carbonyl (C=O) groups excluding carboxylic acids is 1. The Morgan fingerprint density at radius 1 is 1.77 bits per heavy atom. The Hall–Kier alpha value is -1.01. The van der Waals surface area contributed by atoms with Crippen LogP contribution in [0.2, 0.25) is 0 Å². The number of hydrogen-bond donors (Lipinski definition) is 1. The van der Waals surface area contributed by atoms with Gasteiger partial charge >= 0.3 is 0 Å². The number of hydrogen-bond acceptors (Lipinski definition) is 2. The summed E-state index contributed by atoms with van der Waals surface area (Å²) in [6, 6.07) is 0.231. The van der Waals surface area contributed by atoms with Crippen molar-refractivity contribution in [3.63, 3.8) is 0 Å². The summed E-state index contributed by atoms with van der Waals surface area (Å²) in [5.41, 5.74) is 5.84. The Bertz CT molecular complexity index is 232. The molecule has 13 heavy (non-hydrogen) atoms. The minimum Gasteiger partial charge on any atom is -0.341 e. The maximum absolute atomic E-state index is 11.4. The highest BCUT2D eigenvalue weighted by Crippen LogP contribution is 2.15. The smallest absolute Gasteiger partial charge is 0.234 e. The van der Waals surface area contributed by atoms with Gasteiger partial charge in [0.2, 0.25) is 5.91 Å². The summed E-state index contributed by atoms with van der Waals surface area (Å²) in [6.45, 7) is 3.58. The van der Waals surface area contributed by atoms with Gasteiger partial charge in [0.15, 0.2) is 0 Å². The summed E-state index contributed by atoms with van der Waals surface area (Å²) in [5, 5.41) is 0. The van der Waals surface area contributed by atoms with E-state index < -0.39 is 0 Å². The molecule has 72 valence electrons. The Kier molecular flexibility index (Phi) is 3.32. The van der Waals surface area contributed by atoms with Crippen LogP contribution in [0.1, 0.15) is 19.8 Å². The van der Waals surface area contributed by atoms with Crippen LogP contribution >= 0.6 is 0 Å². The summed E-state index contributed by atoms with van der Waals surface area (Å²) in [7, 11) is 0. The fraction of sp³-hybridized carbons (Fsp3) is 0.700. The summed E-state index contributed by atoms with van der Waals surface area (Å²) in [6.07, 6.45) is 6.17.